The molecule has 1 spiro atoms. The molecule has 2 saturated heterocycles. The average Bonchev–Trinajstić information content (AvgIpc) is 3.34. The molecule has 2 aromatic carbocycles. The van der Waals surface area contributed by atoms with Crippen LogP contribution in [0.5, 0.6) is 5.75 Å². The molecule has 3 aliphatic rings. The highest BCUT2D eigenvalue weighted by Crippen LogP contribution is 2.53. The summed E-state index contributed by atoms with van der Waals surface area (Å²) in [6.45, 7) is 2.36. The van der Waals surface area contributed by atoms with E-state index in [9.17, 15) is 19.5 Å². The summed E-state index contributed by atoms with van der Waals surface area (Å²) in [4.78, 5) is 41.7. The lowest BCUT2D eigenvalue weighted by atomic mass is 9.76. The van der Waals surface area contributed by atoms with Gasteiger partial charge in [-0.2, -0.15) is 0 Å². The number of benzene rings is 2. The van der Waals surface area contributed by atoms with Gasteiger partial charge >= 0.3 is 0 Å². The third-order valence-electron chi connectivity index (χ3n) is 6.90. The van der Waals surface area contributed by atoms with Crippen LogP contribution in [0.2, 0.25) is 5.02 Å². The number of anilines is 1. The van der Waals surface area contributed by atoms with Gasteiger partial charge in [-0.15, -0.1) is 0 Å². The molecule has 4 atom stereocenters. The van der Waals surface area contributed by atoms with Crippen molar-refractivity contribution in [3.8, 4) is 5.75 Å². The van der Waals surface area contributed by atoms with E-state index in [0.29, 0.717) is 35.7 Å². The Morgan fingerprint density at radius 2 is 1.84 bits per heavy atom. The molecule has 4 unspecified atom stereocenters. The van der Waals surface area contributed by atoms with Crippen molar-refractivity contribution in [2.45, 2.75) is 37.8 Å². The van der Waals surface area contributed by atoms with Crippen LogP contribution in [-0.4, -0.2) is 40.3 Å². The monoisotopic (exact) mass is 453 g/mol. The average molecular weight is 454 g/mol. The van der Waals surface area contributed by atoms with E-state index in [1.165, 1.54) is 4.90 Å². The van der Waals surface area contributed by atoms with Crippen LogP contribution in [0.15, 0.2) is 42.5 Å². The van der Waals surface area contributed by atoms with E-state index in [2.05, 4.69) is 10.6 Å². The van der Waals surface area contributed by atoms with Gasteiger partial charge in [0.25, 0.3) is 0 Å². The summed E-state index contributed by atoms with van der Waals surface area (Å²) < 4.78 is 0. The highest BCUT2D eigenvalue weighted by atomic mass is 35.5. The van der Waals surface area contributed by atoms with Crippen molar-refractivity contribution in [3.05, 3.63) is 58.6 Å². The SMILES string of the molecule is CCCCN1C(=O)C2C(Cc3ccc(O)cc3)NC3(C(=O)Nc4ccc(Cl)cc43)C2C1=O. The van der Waals surface area contributed by atoms with Crippen LogP contribution < -0.4 is 10.6 Å². The standard InChI is InChI=1S/C24H24ClN3O4/c1-2-3-10-28-21(30)19-18(11-13-4-7-15(29)8-5-13)27-24(20(19)22(28)31)16-12-14(25)6-9-17(16)26-23(24)32/h4-9,12,18-20,27,29H,2-3,10-11H2,1H3,(H,26,32). The van der Waals surface area contributed by atoms with Gasteiger partial charge in [0.2, 0.25) is 17.7 Å². The molecular formula is C24H24ClN3O4. The number of nitrogens with zero attached hydrogens (tertiary/aromatic N) is 1. The lowest BCUT2D eigenvalue weighted by Crippen LogP contribution is -2.53. The fourth-order valence-electron chi connectivity index (χ4n) is 5.43. The lowest BCUT2D eigenvalue weighted by Gasteiger charge is -2.29. The summed E-state index contributed by atoms with van der Waals surface area (Å²) in [7, 11) is 0. The van der Waals surface area contributed by atoms with Crippen LogP contribution in [0.4, 0.5) is 5.69 Å². The molecule has 3 heterocycles. The molecule has 3 N–H and O–H groups in total. The zero-order valence-corrected chi connectivity index (χ0v) is 18.4. The Bertz CT molecular complexity index is 1120. The van der Waals surface area contributed by atoms with E-state index in [4.69, 9.17) is 11.6 Å². The fourth-order valence-corrected chi connectivity index (χ4v) is 5.60. The maximum absolute atomic E-state index is 13.6. The summed E-state index contributed by atoms with van der Waals surface area (Å²) in [6, 6.07) is 11.4. The molecule has 7 nitrogen and oxygen atoms in total. The minimum absolute atomic E-state index is 0.152. The number of carbonyl (C=O) groups excluding carboxylic acids is 3. The summed E-state index contributed by atoms with van der Waals surface area (Å²) in [5.74, 6) is -2.23. The van der Waals surface area contributed by atoms with Gasteiger partial charge < -0.3 is 10.4 Å². The Morgan fingerprint density at radius 1 is 1.09 bits per heavy atom. The Morgan fingerprint density at radius 3 is 2.56 bits per heavy atom. The molecule has 2 aromatic rings. The van der Waals surface area contributed by atoms with Crippen molar-refractivity contribution in [1.82, 2.24) is 10.2 Å². The molecule has 8 heteroatoms. The van der Waals surface area contributed by atoms with E-state index >= 15 is 0 Å². The first-order chi connectivity index (χ1) is 15.4. The number of hydrogen-bond acceptors (Lipinski definition) is 5. The number of hydrogen-bond donors (Lipinski definition) is 3. The molecular weight excluding hydrogens is 430 g/mol. The third-order valence-corrected chi connectivity index (χ3v) is 7.13. The zero-order valence-electron chi connectivity index (χ0n) is 17.6. The summed E-state index contributed by atoms with van der Waals surface area (Å²) >= 11 is 6.27. The van der Waals surface area contributed by atoms with E-state index in [1.807, 2.05) is 6.92 Å². The van der Waals surface area contributed by atoms with E-state index in [0.717, 1.165) is 12.0 Å². The molecule has 2 fully saturated rings. The smallest absolute Gasteiger partial charge is 0.250 e. The van der Waals surface area contributed by atoms with Crippen LogP contribution >= 0.6 is 11.6 Å². The highest BCUT2D eigenvalue weighted by molar-refractivity contribution is 6.31. The third kappa shape index (κ3) is 2.95. The largest absolute Gasteiger partial charge is 0.508 e. The van der Waals surface area contributed by atoms with Gasteiger partial charge in [-0.1, -0.05) is 37.1 Å². The van der Waals surface area contributed by atoms with Gasteiger partial charge in [0.15, 0.2) is 0 Å². The van der Waals surface area contributed by atoms with Crippen molar-refractivity contribution in [1.29, 1.82) is 0 Å². The quantitative estimate of drug-likeness (QED) is 0.605. The number of likely N-dealkylation sites (tertiary alicyclic amines) is 1. The molecule has 0 bridgehead atoms. The van der Waals surface area contributed by atoms with Gasteiger partial charge in [-0.3, -0.25) is 24.6 Å². The Balaban J connectivity index is 1.61. The molecule has 5 rings (SSSR count). The fraction of sp³-hybridized carbons (Fsp3) is 0.375. The number of aromatic hydroxyl groups is 1. The maximum Gasteiger partial charge on any atom is 0.250 e. The Kier molecular flexibility index (Phi) is 4.98. The van der Waals surface area contributed by atoms with Gasteiger partial charge in [-0.25, -0.2) is 0 Å². The van der Waals surface area contributed by atoms with Crippen molar-refractivity contribution in [3.63, 3.8) is 0 Å². The molecule has 166 valence electrons. The minimum Gasteiger partial charge on any atom is -0.508 e. The topological polar surface area (TPSA) is 98.7 Å². The molecule has 3 amide bonds. The Labute approximate surface area is 190 Å². The van der Waals surface area contributed by atoms with E-state index < -0.39 is 23.4 Å². The molecule has 3 aliphatic heterocycles. The number of carbonyl (C=O) groups is 3. The number of halogens is 1. The minimum atomic E-state index is -1.35. The first kappa shape index (κ1) is 21.0. The first-order valence-electron chi connectivity index (χ1n) is 10.9. The van der Waals surface area contributed by atoms with Crippen molar-refractivity contribution < 1.29 is 19.5 Å². The van der Waals surface area contributed by atoms with E-state index in [-0.39, 0.29) is 23.5 Å². The second-order valence-electron chi connectivity index (χ2n) is 8.76. The second-order valence-corrected chi connectivity index (χ2v) is 9.20. The lowest BCUT2D eigenvalue weighted by molar-refractivity contribution is -0.142. The van der Waals surface area contributed by atoms with Crippen LogP contribution in [0.3, 0.4) is 0 Å². The number of rotatable bonds is 5. The molecule has 0 aliphatic carbocycles. The molecule has 0 radical (unpaired) electrons. The van der Waals surface area contributed by atoms with Crippen LogP contribution in [-0.2, 0) is 26.3 Å². The summed E-state index contributed by atoms with van der Waals surface area (Å²) in [6.07, 6.45) is 2.01. The van der Waals surface area contributed by atoms with Gasteiger partial charge in [-0.05, 0) is 48.7 Å². The number of unbranched alkanes of at least 4 members (excludes halogenated alkanes) is 1. The molecule has 32 heavy (non-hydrogen) atoms. The molecule has 0 aromatic heterocycles. The number of phenolic OH excluding ortho intramolecular Hbond substituents is 1. The Hall–Kier alpha value is -2.90. The van der Waals surface area contributed by atoms with Crippen molar-refractivity contribution >= 4 is 35.0 Å². The number of imide groups is 1. The van der Waals surface area contributed by atoms with Crippen LogP contribution in [0.25, 0.3) is 0 Å². The van der Waals surface area contributed by atoms with Crippen LogP contribution in [0, 0.1) is 11.8 Å². The molecule has 0 saturated carbocycles. The second kappa shape index (κ2) is 7.60. The van der Waals surface area contributed by atoms with Gasteiger partial charge in [0.05, 0.1) is 11.8 Å². The van der Waals surface area contributed by atoms with Crippen molar-refractivity contribution in [2.24, 2.45) is 11.8 Å². The van der Waals surface area contributed by atoms with Gasteiger partial charge in [0.1, 0.15) is 11.3 Å². The highest BCUT2D eigenvalue weighted by Gasteiger charge is 2.70. The number of phenols is 1. The van der Waals surface area contributed by atoms with Crippen molar-refractivity contribution in [2.75, 3.05) is 11.9 Å². The van der Waals surface area contributed by atoms with Crippen LogP contribution in [0.1, 0.15) is 30.9 Å². The van der Waals surface area contributed by atoms with E-state index in [1.54, 1.807) is 42.5 Å². The summed E-state index contributed by atoms with van der Waals surface area (Å²) in [5.41, 5.74) is 0.758. The maximum atomic E-state index is 13.6. The number of amides is 3. The zero-order chi connectivity index (χ0) is 22.6. The number of fused-ring (bicyclic) bond motifs is 4. The van der Waals surface area contributed by atoms with Gasteiger partial charge in [0, 0.05) is 28.9 Å². The first-order valence-corrected chi connectivity index (χ1v) is 11.3. The number of nitrogens with one attached hydrogen (secondary N) is 2. The summed E-state index contributed by atoms with van der Waals surface area (Å²) in [5, 5.41) is 16.4. The predicted molar refractivity (Wildman–Crippen MR) is 119 cm³/mol. The normalized spacial score (nSPS) is 28.4. The predicted octanol–water partition coefficient (Wildman–Crippen LogP) is 2.81.